The fourth-order valence-corrected chi connectivity index (χ4v) is 3.63. The first-order valence-electron chi connectivity index (χ1n) is 8.32. The van der Waals surface area contributed by atoms with Crippen molar-refractivity contribution in [1.82, 2.24) is 15.0 Å². The minimum atomic E-state index is -2.63. The zero-order valence-corrected chi connectivity index (χ0v) is 17.0. The Bertz CT molecular complexity index is 767. The Morgan fingerprint density at radius 2 is 2.19 bits per heavy atom. The van der Waals surface area contributed by atoms with Gasteiger partial charge in [0.25, 0.3) is 0 Å². The molecule has 0 aromatic carbocycles. The number of thiol groups is 1. The average Bonchev–Trinajstić information content (AvgIpc) is 2.92. The number of alkyl carbamates (subject to hydrolysis) is 1. The molecule has 2 rings (SSSR count). The molecule has 0 aliphatic heterocycles. The molecule has 0 saturated carbocycles. The van der Waals surface area contributed by atoms with E-state index < -0.39 is 22.6 Å². The van der Waals surface area contributed by atoms with Crippen molar-refractivity contribution in [3.63, 3.8) is 0 Å². The van der Waals surface area contributed by atoms with E-state index >= 15 is 0 Å². The van der Waals surface area contributed by atoms with Crippen molar-refractivity contribution in [1.29, 1.82) is 0 Å². The predicted octanol–water partition coefficient (Wildman–Crippen LogP) is 2.78. The van der Waals surface area contributed by atoms with Gasteiger partial charge >= 0.3 is 6.09 Å². The number of nitrogens with one attached hydrogen (secondary N) is 2. The van der Waals surface area contributed by atoms with Crippen molar-refractivity contribution >= 4 is 28.3 Å². The molecule has 0 saturated heterocycles. The van der Waals surface area contributed by atoms with Gasteiger partial charge in [-0.15, -0.1) is 11.3 Å². The summed E-state index contributed by atoms with van der Waals surface area (Å²) in [6, 6.07) is -0.537. The van der Waals surface area contributed by atoms with Crippen LogP contribution in [-0.4, -0.2) is 31.1 Å². The van der Waals surface area contributed by atoms with Crippen LogP contribution in [0, 0.1) is 6.92 Å². The summed E-state index contributed by atoms with van der Waals surface area (Å²) in [5, 5.41) is 5.74. The maximum absolute atomic E-state index is 12.2. The molecule has 0 bridgehead atoms. The van der Waals surface area contributed by atoms with Gasteiger partial charge in [-0.3, -0.25) is 0 Å². The number of aryl methyl sites for hydroxylation is 1. The molecule has 26 heavy (non-hydrogen) atoms. The molecule has 1 amide bonds. The van der Waals surface area contributed by atoms with Crippen molar-refractivity contribution in [2.24, 2.45) is 0 Å². The molecule has 1 aromatic rings. The van der Waals surface area contributed by atoms with E-state index in [0.717, 1.165) is 16.3 Å². The summed E-state index contributed by atoms with van der Waals surface area (Å²) in [4.78, 5) is 16.7. The fraction of sp³-hybridized carbons (Fsp3) is 0.529. The van der Waals surface area contributed by atoms with Gasteiger partial charge in [0.1, 0.15) is 5.60 Å². The molecule has 7 nitrogen and oxygen atoms in total. The Balaban J connectivity index is 2.07. The fourth-order valence-electron chi connectivity index (χ4n) is 2.50. The molecular weight excluding hydrogens is 374 g/mol. The molecule has 2 N–H and O–H groups in total. The number of carbonyl (C=O) groups is 1. The minimum absolute atomic E-state index is 0.223. The Morgan fingerprint density at radius 1 is 1.46 bits per heavy atom. The van der Waals surface area contributed by atoms with Gasteiger partial charge in [0.05, 0.1) is 16.7 Å². The molecular formula is C17H25N3O4S2. The number of hydrogen-bond acceptors (Lipinski definition) is 6. The third-order valence-electron chi connectivity index (χ3n) is 3.57. The number of hydrogen-bond donors (Lipinski definition) is 3. The molecule has 2 atom stereocenters. The third kappa shape index (κ3) is 6.89. The van der Waals surface area contributed by atoms with Crippen molar-refractivity contribution in [2.75, 3.05) is 0 Å². The van der Waals surface area contributed by atoms with Gasteiger partial charge in [-0.1, -0.05) is 18.2 Å². The summed E-state index contributed by atoms with van der Waals surface area (Å²) in [7, 11) is -2.63. The lowest BCUT2D eigenvalue weighted by Crippen LogP contribution is -2.35. The van der Waals surface area contributed by atoms with E-state index in [1.54, 1.807) is 0 Å². The van der Waals surface area contributed by atoms with Crippen LogP contribution in [0.3, 0.4) is 0 Å². The highest BCUT2D eigenvalue weighted by Gasteiger charge is 2.23. The third-order valence-corrected chi connectivity index (χ3v) is 4.91. The van der Waals surface area contributed by atoms with E-state index in [9.17, 15) is 13.2 Å². The van der Waals surface area contributed by atoms with Crippen LogP contribution in [0.25, 0.3) is 0 Å². The largest absolute Gasteiger partial charge is 0.444 e. The van der Waals surface area contributed by atoms with Crippen molar-refractivity contribution in [2.45, 2.75) is 58.2 Å². The molecule has 1 aliphatic rings. The lowest BCUT2D eigenvalue weighted by molar-refractivity contribution is 0.0502. The SMILES string of the molecule is Cc1nc([C@H](CC2=CCC(N[SH](=O)=O)C=C2)NC(=O)OC(C)(C)C)cs1. The maximum Gasteiger partial charge on any atom is 0.408 e. The summed E-state index contributed by atoms with van der Waals surface area (Å²) in [6.45, 7) is 7.36. The summed E-state index contributed by atoms with van der Waals surface area (Å²) < 4.78 is 29.3. The highest BCUT2D eigenvalue weighted by atomic mass is 32.2. The quantitative estimate of drug-likeness (QED) is 0.639. The summed E-state index contributed by atoms with van der Waals surface area (Å²) in [6.07, 6.45) is 6.30. The Kier molecular flexibility index (Phi) is 6.96. The number of carbonyl (C=O) groups excluding carboxylic acids is 1. The summed E-state index contributed by atoms with van der Waals surface area (Å²) in [5.41, 5.74) is 1.22. The highest BCUT2D eigenvalue weighted by molar-refractivity contribution is 7.70. The topological polar surface area (TPSA) is 97.4 Å². The Morgan fingerprint density at radius 3 is 2.69 bits per heavy atom. The average molecular weight is 400 g/mol. The van der Waals surface area contributed by atoms with Crippen molar-refractivity contribution < 1.29 is 17.9 Å². The highest BCUT2D eigenvalue weighted by Crippen LogP contribution is 2.26. The van der Waals surface area contributed by atoms with Gasteiger partial charge in [-0.25, -0.2) is 22.9 Å². The standard InChI is InChI=1S/C17H25N3O4S2/c1-11-18-15(10-25-11)14(19-16(21)24-17(2,3)4)9-12-5-7-13(8-6-12)20-26(22)23/h5-7,10,13-14,26H,8-9H2,1-4H3,(H,19,21)(H,20,22,23)/t13?,14-/m0/s1. The van der Waals surface area contributed by atoms with Crippen LogP contribution >= 0.6 is 11.3 Å². The molecule has 1 heterocycles. The molecule has 0 spiro atoms. The van der Waals surface area contributed by atoms with E-state index in [4.69, 9.17) is 4.74 Å². The normalized spacial score (nSPS) is 18.5. The molecule has 1 aromatic heterocycles. The van der Waals surface area contributed by atoms with E-state index in [1.165, 1.54) is 11.3 Å². The number of thiazole rings is 1. The zero-order valence-electron chi connectivity index (χ0n) is 15.3. The number of rotatable bonds is 6. The number of allylic oxidation sites excluding steroid dienone is 1. The predicted molar refractivity (Wildman–Crippen MR) is 103 cm³/mol. The van der Waals surface area contributed by atoms with E-state index in [0.29, 0.717) is 12.8 Å². The van der Waals surface area contributed by atoms with Crippen molar-refractivity contribution in [3.05, 3.63) is 39.9 Å². The monoisotopic (exact) mass is 399 g/mol. The van der Waals surface area contributed by atoms with E-state index in [-0.39, 0.29) is 12.1 Å². The second kappa shape index (κ2) is 8.79. The molecule has 1 unspecified atom stereocenters. The smallest absolute Gasteiger partial charge is 0.408 e. The first kappa shape index (κ1) is 20.6. The Labute approximate surface area is 159 Å². The second-order valence-corrected chi connectivity index (χ2v) is 8.90. The summed E-state index contributed by atoms with van der Waals surface area (Å²) >= 11 is 1.52. The number of nitrogens with zero attached hydrogens (tertiary/aromatic N) is 1. The van der Waals surface area contributed by atoms with Crippen LogP contribution in [0.5, 0.6) is 0 Å². The first-order valence-corrected chi connectivity index (χ1v) is 10.4. The molecule has 1 aliphatic carbocycles. The van der Waals surface area contributed by atoms with Gasteiger partial charge in [0.2, 0.25) is 10.9 Å². The maximum atomic E-state index is 12.2. The number of amides is 1. The van der Waals surface area contributed by atoms with E-state index in [1.807, 2.05) is 51.3 Å². The minimum Gasteiger partial charge on any atom is -0.444 e. The zero-order chi connectivity index (χ0) is 19.3. The van der Waals surface area contributed by atoms with Gasteiger partial charge in [0, 0.05) is 11.4 Å². The van der Waals surface area contributed by atoms with Crippen LogP contribution in [-0.2, 0) is 15.6 Å². The number of ether oxygens (including phenoxy) is 1. The number of aromatic nitrogens is 1. The van der Waals surface area contributed by atoms with Crippen LogP contribution in [0.4, 0.5) is 4.79 Å². The van der Waals surface area contributed by atoms with Crippen LogP contribution in [0.2, 0.25) is 0 Å². The lowest BCUT2D eigenvalue weighted by Gasteiger charge is -2.24. The van der Waals surface area contributed by atoms with Crippen molar-refractivity contribution in [3.8, 4) is 0 Å². The molecule has 144 valence electrons. The first-order chi connectivity index (χ1) is 12.1. The molecule has 9 heteroatoms. The summed E-state index contributed by atoms with van der Waals surface area (Å²) in [5.74, 6) is 0. The van der Waals surface area contributed by atoms with Crippen LogP contribution in [0.1, 0.15) is 50.4 Å². The van der Waals surface area contributed by atoms with E-state index in [2.05, 4.69) is 15.0 Å². The van der Waals surface area contributed by atoms with Crippen LogP contribution in [0.15, 0.2) is 29.2 Å². The lowest BCUT2D eigenvalue weighted by atomic mass is 9.97. The van der Waals surface area contributed by atoms with Gasteiger partial charge in [-0.05, 0) is 46.1 Å². The second-order valence-electron chi connectivity index (χ2n) is 7.06. The van der Waals surface area contributed by atoms with Gasteiger partial charge in [-0.2, -0.15) is 0 Å². The van der Waals surface area contributed by atoms with Gasteiger partial charge in [0.15, 0.2) is 0 Å². The Hall–Kier alpha value is -1.71. The van der Waals surface area contributed by atoms with Gasteiger partial charge < -0.3 is 10.1 Å². The molecule has 0 fully saturated rings. The molecule has 0 radical (unpaired) electrons. The van der Waals surface area contributed by atoms with Crippen LogP contribution < -0.4 is 10.0 Å².